The lowest BCUT2D eigenvalue weighted by Crippen LogP contribution is -2.01. The number of hydrogen-bond donors (Lipinski definition) is 1. The Bertz CT molecular complexity index is 816. The van der Waals surface area contributed by atoms with Gasteiger partial charge >= 0.3 is 0 Å². The maximum absolute atomic E-state index is 10.1. The molecule has 0 spiro atoms. The van der Waals surface area contributed by atoms with E-state index in [0.29, 0.717) is 5.76 Å². The molecule has 0 bridgehead atoms. The molecule has 1 aromatic heterocycles. The number of benzene rings is 2. The Morgan fingerprint density at radius 1 is 1.15 bits per heavy atom. The highest BCUT2D eigenvalue weighted by Gasteiger charge is 2.14. The monoisotopic (exact) mass is 268 g/mol. The predicted molar refractivity (Wildman–Crippen MR) is 81.4 cm³/mol. The molecule has 0 saturated heterocycles. The number of phenols is 1. The Morgan fingerprint density at radius 3 is 2.55 bits per heavy atom. The molecule has 0 aliphatic carbocycles. The van der Waals surface area contributed by atoms with Gasteiger partial charge in [0.05, 0.1) is 6.21 Å². The zero-order valence-electron chi connectivity index (χ0n) is 11.7. The fourth-order valence-electron chi connectivity index (χ4n) is 2.33. The highest BCUT2D eigenvalue weighted by molar-refractivity contribution is 6.09. The van der Waals surface area contributed by atoms with E-state index < -0.39 is 0 Å². The van der Waals surface area contributed by atoms with Gasteiger partial charge in [-0.15, -0.1) is 0 Å². The molecule has 1 heterocycles. The summed E-state index contributed by atoms with van der Waals surface area (Å²) in [5.74, 6) is 0.984. The van der Waals surface area contributed by atoms with Crippen LogP contribution >= 0.6 is 0 Å². The zero-order chi connectivity index (χ0) is 14.3. The van der Waals surface area contributed by atoms with Gasteiger partial charge in [-0.3, -0.25) is 0 Å². The van der Waals surface area contributed by atoms with Crippen molar-refractivity contribution in [3.8, 4) is 5.75 Å². The Balaban J connectivity index is 2.33. The van der Waals surface area contributed by atoms with E-state index in [1.165, 1.54) is 0 Å². The van der Waals surface area contributed by atoms with Crippen molar-refractivity contribution >= 4 is 28.0 Å². The summed E-state index contributed by atoms with van der Waals surface area (Å²) in [4.78, 5) is 0. The molecule has 0 radical (unpaired) electrons. The van der Waals surface area contributed by atoms with Gasteiger partial charge in [-0.25, -0.2) is 0 Å². The fourth-order valence-corrected chi connectivity index (χ4v) is 2.33. The van der Waals surface area contributed by atoms with Crippen LogP contribution in [0.2, 0.25) is 0 Å². The molecule has 2 aromatic carbocycles. The molecule has 0 saturated carbocycles. The number of hydrazone groups is 1. The summed E-state index contributed by atoms with van der Waals surface area (Å²) in [5.41, 5.74) is 1.77. The largest absolute Gasteiger partial charge is 0.507 e. The van der Waals surface area contributed by atoms with Crippen molar-refractivity contribution in [3.05, 3.63) is 41.7 Å². The van der Waals surface area contributed by atoms with Crippen LogP contribution in [0.25, 0.3) is 21.7 Å². The number of aryl methyl sites for hydroxylation is 1. The number of nitrogens with zero attached hydrogens (tertiary/aromatic N) is 2. The molecule has 0 amide bonds. The van der Waals surface area contributed by atoms with Crippen molar-refractivity contribution in [1.29, 1.82) is 0 Å². The summed E-state index contributed by atoms with van der Waals surface area (Å²) < 4.78 is 5.93. The van der Waals surface area contributed by atoms with Crippen LogP contribution in [0.3, 0.4) is 0 Å². The van der Waals surface area contributed by atoms with Gasteiger partial charge in [0.2, 0.25) is 0 Å². The Morgan fingerprint density at radius 2 is 1.85 bits per heavy atom. The Hall–Kier alpha value is -2.49. The molecule has 4 heteroatoms. The van der Waals surface area contributed by atoms with Gasteiger partial charge in [0.1, 0.15) is 11.3 Å². The van der Waals surface area contributed by atoms with Crippen LogP contribution < -0.4 is 0 Å². The third-order valence-corrected chi connectivity index (χ3v) is 3.36. The molecular weight excluding hydrogens is 252 g/mol. The minimum Gasteiger partial charge on any atom is -0.507 e. The van der Waals surface area contributed by atoms with Crippen LogP contribution in [-0.4, -0.2) is 30.4 Å². The molecule has 0 aliphatic rings. The lowest BCUT2D eigenvalue weighted by Gasteiger charge is -2.01. The summed E-state index contributed by atoms with van der Waals surface area (Å²) in [6, 6.07) is 9.43. The van der Waals surface area contributed by atoms with Gasteiger partial charge in [-0.2, -0.15) is 5.10 Å². The fraction of sp³-hybridized carbons (Fsp3) is 0.188. The van der Waals surface area contributed by atoms with Crippen LogP contribution in [0.5, 0.6) is 5.75 Å². The first-order valence-corrected chi connectivity index (χ1v) is 6.43. The average Bonchev–Trinajstić information content (AvgIpc) is 2.74. The second-order valence-electron chi connectivity index (χ2n) is 5.00. The van der Waals surface area contributed by atoms with Crippen molar-refractivity contribution in [1.82, 2.24) is 5.01 Å². The normalized spacial score (nSPS) is 11.8. The van der Waals surface area contributed by atoms with Crippen molar-refractivity contribution < 1.29 is 9.52 Å². The topological polar surface area (TPSA) is 49.0 Å². The van der Waals surface area contributed by atoms with Crippen molar-refractivity contribution in [2.24, 2.45) is 5.10 Å². The minimum atomic E-state index is 0.271. The lowest BCUT2D eigenvalue weighted by atomic mass is 10.0. The van der Waals surface area contributed by atoms with Gasteiger partial charge in [0, 0.05) is 35.8 Å². The van der Waals surface area contributed by atoms with Gasteiger partial charge in [-0.1, -0.05) is 24.3 Å². The third kappa shape index (κ3) is 1.90. The van der Waals surface area contributed by atoms with Crippen molar-refractivity contribution in [3.63, 3.8) is 0 Å². The van der Waals surface area contributed by atoms with E-state index in [1.807, 2.05) is 45.3 Å². The van der Waals surface area contributed by atoms with Gasteiger partial charge in [0.25, 0.3) is 0 Å². The van der Waals surface area contributed by atoms with Crippen molar-refractivity contribution in [2.75, 3.05) is 14.1 Å². The predicted octanol–water partition coefficient (Wildman–Crippen LogP) is 3.50. The quantitative estimate of drug-likeness (QED) is 0.571. The van der Waals surface area contributed by atoms with E-state index in [0.717, 1.165) is 27.3 Å². The van der Waals surface area contributed by atoms with Crippen LogP contribution in [0.4, 0.5) is 0 Å². The average molecular weight is 268 g/mol. The van der Waals surface area contributed by atoms with Gasteiger partial charge in [-0.05, 0) is 13.0 Å². The number of rotatable bonds is 2. The number of furan rings is 1. The SMILES string of the molecule is Cc1c(/C=N/N(C)C)oc2c1cc(O)c1ccccc12. The summed E-state index contributed by atoms with van der Waals surface area (Å²) in [6.07, 6.45) is 1.70. The minimum absolute atomic E-state index is 0.271. The third-order valence-electron chi connectivity index (χ3n) is 3.36. The van der Waals surface area contributed by atoms with E-state index in [4.69, 9.17) is 4.42 Å². The lowest BCUT2D eigenvalue weighted by molar-refractivity contribution is 0.438. The number of aromatic hydroxyl groups is 1. The summed E-state index contributed by atoms with van der Waals surface area (Å²) in [6.45, 7) is 1.97. The molecule has 4 nitrogen and oxygen atoms in total. The highest BCUT2D eigenvalue weighted by atomic mass is 16.3. The molecule has 102 valence electrons. The molecule has 0 unspecified atom stereocenters. The number of hydrogen-bond acceptors (Lipinski definition) is 4. The van der Waals surface area contributed by atoms with Crippen LogP contribution in [0, 0.1) is 6.92 Å². The molecule has 1 N–H and O–H groups in total. The first-order valence-electron chi connectivity index (χ1n) is 6.43. The first-order chi connectivity index (χ1) is 9.58. The zero-order valence-corrected chi connectivity index (χ0v) is 11.7. The highest BCUT2D eigenvalue weighted by Crippen LogP contribution is 2.36. The molecular formula is C16H16N2O2. The Labute approximate surface area is 116 Å². The van der Waals surface area contributed by atoms with Gasteiger partial charge < -0.3 is 14.5 Å². The Kier molecular flexibility index (Phi) is 2.86. The molecule has 0 aliphatic heterocycles. The van der Waals surface area contributed by atoms with E-state index >= 15 is 0 Å². The number of fused-ring (bicyclic) bond motifs is 3. The van der Waals surface area contributed by atoms with E-state index in [9.17, 15) is 5.11 Å². The van der Waals surface area contributed by atoms with Crippen molar-refractivity contribution in [2.45, 2.75) is 6.92 Å². The van der Waals surface area contributed by atoms with E-state index in [2.05, 4.69) is 5.10 Å². The maximum Gasteiger partial charge on any atom is 0.151 e. The smallest absolute Gasteiger partial charge is 0.151 e. The summed E-state index contributed by atoms with van der Waals surface area (Å²) >= 11 is 0. The molecule has 3 aromatic rings. The first kappa shape index (κ1) is 12.5. The van der Waals surface area contributed by atoms with Gasteiger partial charge in [0.15, 0.2) is 5.76 Å². The van der Waals surface area contributed by atoms with Crippen LogP contribution in [0.15, 0.2) is 39.9 Å². The molecule has 0 atom stereocenters. The second kappa shape index (κ2) is 4.56. The van der Waals surface area contributed by atoms with E-state index in [1.54, 1.807) is 17.3 Å². The molecule has 3 rings (SSSR count). The standard InChI is InChI=1S/C16H16N2O2/c1-10-13-8-14(19)11-6-4-5-7-12(11)16(13)20-15(10)9-17-18(2)3/h4-9,19H,1-3H3/b17-9+. The van der Waals surface area contributed by atoms with E-state index in [-0.39, 0.29) is 5.75 Å². The molecule has 20 heavy (non-hydrogen) atoms. The second-order valence-corrected chi connectivity index (χ2v) is 5.00. The van der Waals surface area contributed by atoms with Crippen LogP contribution in [-0.2, 0) is 0 Å². The van der Waals surface area contributed by atoms with Crippen LogP contribution in [0.1, 0.15) is 11.3 Å². The maximum atomic E-state index is 10.1. The number of phenolic OH excluding ortho intramolecular Hbond substituents is 1. The molecule has 0 fully saturated rings. The summed E-state index contributed by atoms with van der Waals surface area (Å²) in [5, 5.41) is 18.7. The summed E-state index contributed by atoms with van der Waals surface area (Å²) in [7, 11) is 3.71.